The van der Waals surface area contributed by atoms with Crippen molar-refractivity contribution in [1.29, 1.82) is 0 Å². The molecule has 3 aromatic rings. The molecular formula is C26H29N3O5. The molecule has 3 rings (SSSR count). The molecule has 8 heteroatoms. The molecule has 0 saturated carbocycles. The highest BCUT2D eigenvalue weighted by molar-refractivity contribution is 6.01. The normalized spacial score (nSPS) is 10.7. The van der Waals surface area contributed by atoms with Crippen LogP contribution in [0.25, 0.3) is 10.9 Å². The van der Waals surface area contributed by atoms with Crippen molar-refractivity contribution >= 4 is 34.4 Å². The van der Waals surface area contributed by atoms with Crippen LogP contribution in [0.15, 0.2) is 48.5 Å². The molecule has 2 amide bonds. The standard InChI is InChI=1S/C26H29N3O5/c1-5-29(6-2)25(31)18-10-9-11-19(14-18)27-23(30)16-34-26(32)24-17(3)20-12-7-8-13-21(20)28-22(24)15-33-4/h7-14H,5-6,15-16H2,1-4H3,(H,27,30). The number of anilines is 1. The minimum Gasteiger partial charge on any atom is -0.452 e. The zero-order valence-corrected chi connectivity index (χ0v) is 19.9. The first-order valence-electron chi connectivity index (χ1n) is 11.1. The molecule has 2 aromatic carbocycles. The van der Waals surface area contributed by atoms with Crippen molar-refractivity contribution in [3.05, 3.63) is 70.9 Å². The maximum Gasteiger partial charge on any atom is 0.340 e. The molecule has 8 nitrogen and oxygen atoms in total. The van der Waals surface area contributed by atoms with Gasteiger partial charge in [0, 0.05) is 36.8 Å². The number of amides is 2. The van der Waals surface area contributed by atoms with Gasteiger partial charge in [0.15, 0.2) is 6.61 Å². The quantitative estimate of drug-likeness (QED) is 0.482. The van der Waals surface area contributed by atoms with Crippen LogP contribution in [-0.2, 0) is 20.9 Å². The van der Waals surface area contributed by atoms with Crippen molar-refractivity contribution in [2.45, 2.75) is 27.4 Å². The summed E-state index contributed by atoms with van der Waals surface area (Å²) in [5, 5.41) is 3.50. The number of fused-ring (bicyclic) bond motifs is 1. The Morgan fingerprint density at radius 1 is 1.03 bits per heavy atom. The maximum atomic E-state index is 12.9. The number of esters is 1. The van der Waals surface area contributed by atoms with E-state index in [0.717, 1.165) is 10.9 Å². The summed E-state index contributed by atoms with van der Waals surface area (Å²) in [6.07, 6.45) is 0. The van der Waals surface area contributed by atoms with E-state index in [0.29, 0.717) is 41.2 Å². The highest BCUT2D eigenvalue weighted by Crippen LogP contribution is 2.24. The van der Waals surface area contributed by atoms with E-state index in [1.165, 1.54) is 7.11 Å². The summed E-state index contributed by atoms with van der Waals surface area (Å²) in [5.74, 6) is -1.28. The number of nitrogens with zero attached hydrogens (tertiary/aromatic N) is 2. The Balaban J connectivity index is 1.71. The van der Waals surface area contributed by atoms with Crippen LogP contribution in [0.4, 0.5) is 5.69 Å². The predicted octanol–water partition coefficient (Wildman–Crippen LogP) is 3.97. The van der Waals surface area contributed by atoms with E-state index in [4.69, 9.17) is 9.47 Å². The molecule has 1 N–H and O–H groups in total. The number of carbonyl (C=O) groups excluding carboxylic acids is 3. The molecule has 0 fully saturated rings. The number of rotatable bonds is 9. The molecule has 0 spiro atoms. The molecule has 0 unspecified atom stereocenters. The van der Waals surface area contributed by atoms with Crippen LogP contribution < -0.4 is 5.32 Å². The van der Waals surface area contributed by atoms with Gasteiger partial charge >= 0.3 is 5.97 Å². The molecule has 0 bridgehead atoms. The van der Waals surface area contributed by atoms with E-state index in [1.54, 1.807) is 29.2 Å². The second kappa shape index (κ2) is 11.4. The van der Waals surface area contributed by atoms with Gasteiger partial charge in [-0.2, -0.15) is 0 Å². The van der Waals surface area contributed by atoms with Gasteiger partial charge in [-0.15, -0.1) is 0 Å². The Morgan fingerprint density at radius 2 is 1.76 bits per heavy atom. The fourth-order valence-corrected chi connectivity index (χ4v) is 3.78. The zero-order chi connectivity index (χ0) is 24.7. The van der Waals surface area contributed by atoms with Gasteiger partial charge in [0.2, 0.25) is 0 Å². The first kappa shape index (κ1) is 24.9. The lowest BCUT2D eigenvalue weighted by Gasteiger charge is -2.19. The Labute approximate surface area is 198 Å². The number of ether oxygens (including phenoxy) is 2. The molecule has 0 aliphatic rings. The minimum atomic E-state index is -0.650. The fraction of sp³-hybridized carbons (Fsp3) is 0.308. The van der Waals surface area contributed by atoms with E-state index >= 15 is 0 Å². The van der Waals surface area contributed by atoms with Gasteiger partial charge < -0.3 is 19.7 Å². The molecule has 1 heterocycles. The van der Waals surface area contributed by atoms with Crippen LogP contribution in [-0.4, -0.2) is 54.5 Å². The summed E-state index contributed by atoms with van der Waals surface area (Å²) in [5.41, 5.74) is 3.13. The highest BCUT2D eigenvalue weighted by atomic mass is 16.5. The first-order valence-corrected chi connectivity index (χ1v) is 11.1. The number of para-hydroxylation sites is 1. The molecule has 0 aliphatic heterocycles. The predicted molar refractivity (Wildman–Crippen MR) is 130 cm³/mol. The van der Waals surface area contributed by atoms with Gasteiger partial charge in [0.25, 0.3) is 11.8 Å². The lowest BCUT2D eigenvalue weighted by molar-refractivity contribution is -0.119. The van der Waals surface area contributed by atoms with Crippen molar-refractivity contribution in [2.24, 2.45) is 0 Å². The van der Waals surface area contributed by atoms with E-state index < -0.39 is 18.5 Å². The summed E-state index contributed by atoms with van der Waals surface area (Å²) in [6, 6.07) is 14.2. The van der Waals surface area contributed by atoms with Crippen LogP contribution in [0, 0.1) is 6.92 Å². The largest absolute Gasteiger partial charge is 0.452 e. The number of nitrogens with one attached hydrogen (secondary N) is 1. The van der Waals surface area contributed by atoms with Gasteiger partial charge in [0.05, 0.1) is 23.4 Å². The van der Waals surface area contributed by atoms with Crippen molar-refractivity contribution < 1.29 is 23.9 Å². The first-order chi connectivity index (χ1) is 16.4. The van der Waals surface area contributed by atoms with Crippen molar-refractivity contribution in [2.75, 3.05) is 32.1 Å². The number of aromatic nitrogens is 1. The number of benzene rings is 2. The van der Waals surface area contributed by atoms with E-state index in [2.05, 4.69) is 10.3 Å². The molecule has 178 valence electrons. The zero-order valence-electron chi connectivity index (χ0n) is 19.9. The summed E-state index contributed by atoms with van der Waals surface area (Å²) in [6.45, 7) is 6.48. The average molecular weight is 464 g/mol. The van der Waals surface area contributed by atoms with Gasteiger partial charge in [-0.1, -0.05) is 24.3 Å². The topological polar surface area (TPSA) is 97.8 Å². The second-order valence-corrected chi connectivity index (χ2v) is 7.69. The van der Waals surface area contributed by atoms with Crippen LogP contribution in [0.1, 0.15) is 45.8 Å². The van der Waals surface area contributed by atoms with Crippen LogP contribution in [0.3, 0.4) is 0 Å². The minimum absolute atomic E-state index is 0.113. The molecule has 0 aliphatic carbocycles. The molecule has 0 radical (unpaired) electrons. The van der Waals surface area contributed by atoms with E-state index in [-0.39, 0.29) is 12.5 Å². The van der Waals surface area contributed by atoms with Crippen LogP contribution >= 0.6 is 0 Å². The van der Waals surface area contributed by atoms with Crippen LogP contribution in [0.2, 0.25) is 0 Å². The lowest BCUT2D eigenvalue weighted by Crippen LogP contribution is -2.30. The Morgan fingerprint density at radius 3 is 2.47 bits per heavy atom. The number of hydrogen-bond acceptors (Lipinski definition) is 6. The molecule has 0 saturated heterocycles. The molecular weight excluding hydrogens is 434 g/mol. The molecule has 0 atom stereocenters. The monoisotopic (exact) mass is 463 g/mol. The van der Waals surface area contributed by atoms with Crippen LogP contribution in [0.5, 0.6) is 0 Å². The number of aryl methyl sites for hydroxylation is 1. The Hall–Kier alpha value is -3.78. The summed E-state index contributed by atoms with van der Waals surface area (Å²) in [7, 11) is 1.52. The SMILES string of the molecule is CCN(CC)C(=O)c1cccc(NC(=O)COC(=O)c2c(COC)nc3ccccc3c2C)c1. The third-order valence-electron chi connectivity index (χ3n) is 5.49. The van der Waals surface area contributed by atoms with Crippen molar-refractivity contribution in [3.8, 4) is 0 Å². The van der Waals surface area contributed by atoms with Crippen molar-refractivity contribution in [3.63, 3.8) is 0 Å². The fourth-order valence-electron chi connectivity index (χ4n) is 3.78. The molecule has 1 aromatic heterocycles. The summed E-state index contributed by atoms with van der Waals surface area (Å²) in [4.78, 5) is 44.1. The second-order valence-electron chi connectivity index (χ2n) is 7.69. The summed E-state index contributed by atoms with van der Waals surface area (Å²) >= 11 is 0. The third-order valence-corrected chi connectivity index (χ3v) is 5.49. The van der Waals surface area contributed by atoms with Gasteiger partial charge in [-0.05, 0) is 50.6 Å². The smallest absolute Gasteiger partial charge is 0.340 e. The van der Waals surface area contributed by atoms with Gasteiger partial charge in [0.1, 0.15) is 0 Å². The lowest BCUT2D eigenvalue weighted by atomic mass is 10.0. The number of methoxy groups -OCH3 is 1. The van der Waals surface area contributed by atoms with Gasteiger partial charge in [-0.25, -0.2) is 9.78 Å². The molecule has 34 heavy (non-hydrogen) atoms. The van der Waals surface area contributed by atoms with Gasteiger partial charge in [-0.3, -0.25) is 9.59 Å². The number of hydrogen-bond donors (Lipinski definition) is 1. The Bertz CT molecular complexity index is 1200. The van der Waals surface area contributed by atoms with Crippen molar-refractivity contribution in [1.82, 2.24) is 9.88 Å². The maximum absolute atomic E-state index is 12.9. The Kier molecular flexibility index (Phi) is 8.32. The van der Waals surface area contributed by atoms with E-state index in [1.807, 2.05) is 45.0 Å². The summed E-state index contributed by atoms with van der Waals surface area (Å²) < 4.78 is 10.5. The third kappa shape index (κ3) is 5.58. The average Bonchev–Trinajstić information content (AvgIpc) is 2.84. The highest BCUT2D eigenvalue weighted by Gasteiger charge is 2.21. The number of pyridine rings is 1. The number of carbonyl (C=O) groups is 3. The van der Waals surface area contributed by atoms with E-state index in [9.17, 15) is 14.4 Å².